The average Bonchev–Trinajstić information content (AvgIpc) is 2.38. The molecule has 17 heavy (non-hydrogen) atoms. The van der Waals surface area contributed by atoms with Crippen LogP contribution in [-0.2, 0) is 6.54 Å². The molecule has 3 heteroatoms. The molecule has 2 rings (SSSR count). The van der Waals surface area contributed by atoms with Crippen LogP contribution in [0.3, 0.4) is 0 Å². The summed E-state index contributed by atoms with van der Waals surface area (Å²) >= 11 is 5.91. The van der Waals surface area contributed by atoms with Gasteiger partial charge in [-0.15, -0.1) is 0 Å². The van der Waals surface area contributed by atoms with Gasteiger partial charge in [0.1, 0.15) is 5.75 Å². The van der Waals surface area contributed by atoms with Crippen LogP contribution in [0.5, 0.6) is 5.75 Å². The molecule has 2 aromatic carbocycles. The summed E-state index contributed by atoms with van der Waals surface area (Å²) in [4.78, 5) is 0. The quantitative estimate of drug-likeness (QED) is 0.883. The number of hydrogen-bond donors (Lipinski definition) is 1. The normalized spacial score (nSPS) is 10.0. The zero-order chi connectivity index (χ0) is 12.1. The minimum Gasteiger partial charge on any atom is -0.496 e. The van der Waals surface area contributed by atoms with Crippen LogP contribution < -0.4 is 10.1 Å². The maximum absolute atomic E-state index is 5.91. The molecule has 0 unspecified atom stereocenters. The van der Waals surface area contributed by atoms with E-state index in [1.54, 1.807) is 7.11 Å². The fourth-order valence-electron chi connectivity index (χ4n) is 1.62. The van der Waals surface area contributed by atoms with E-state index < -0.39 is 0 Å². The van der Waals surface area contributed by atoms with Gasteiger partial charge in [-0.1, -0.05) is 35.9 Å². The fraction of sp³-hybridized carbons (Fsp3) is 0.143. The van der Waals surface area contributed by atoms with E-state index in [1.165, 1.54) is 0 Å². The van der Waals surface area contributed by atoms with Crippen LogP contribution >= 0.6 is 11.6 Å². The molecule has 0 aliphatic carbocycles. The molecule has 0 saturated carbocycles. The Hall–Kier alpha value is -1.67. The van der Waals surface area contributed by atoms with Crippen molar-refractivity contribution >= 4 is 17.3 Å². The van der Waals surface area contributed by atoms with Crippen LogP contribution in [0.25, 0.3) is 0 Å². The van der Waals surface area contributed by atoms with Gasteiger partial charge in [0.05, 0.1) is 7.11 Å². The molecule has 0 bridgehead atoms. The van der Waals surface area contributed by atoms with E-state index in [-0.39, 0.29) is 0 Å². The van der Waals surface area contributed by atoms with Gasteiger partial charge < -0.3 is 10.1 Å². The van der Waals surface area contributed by atoms with Crippen LogP contribution in [0, 0.1) is 0 Å². The second-order valence-electron chi connectivity index (χ2n) is 3.68. The molecule has 2 nitrogen and oxygen atoms in total. The molecule has 0 fully saturated rings. The molecule has 2 aromatic rings. The van der Waals surface area contributed by atoms with Crippen LogP contribution in [0.2, 0.25) is 5.02 Å². The largest absolute Gasteiger partial charge is 0.496 e. The molecule has 0 heterocycles. The SMILES string of the molecule is COc1cc(Cl)ccc1CNc1ccccc1. The Bertz CT molecular complexity index is 485. The third-order valence-corrected chi connectivity index (χ3v) is 2.74. The van der Waals surface area contributed by atoms with Gasteiger partial charge in [-0.3, -0.25) is 0 Å². The lowest BCUT2D eigenvalue weighted by atomic mass is 10.2. The maximum Gasteiger partial charge on any atom is 0.125 e. The molecule has 0 aliphatic heterocycles. The standard InChI is InChI=1S/C14H14ClNO/c1-17-14-9-12(15)8-7-11(14)10-16-13-5-3-2-4-6-13/h2-9,16H,10H2,1H3. The first kappa shape index (κ1) is 11.8. The van der Waals surface area contributed by atoms with Gasteiger partial charge in [0, 0.05) is 22.8 Å². The second kappa shape index (κ2) is 5.60. The van der Waals surface area contributed by atoms with E-state index >= 15 is 0 Å². The Morgan fingerprint density at radius 2 is 1.88 bits per heavy atom. The summed E-state index contributed by atoms with van der Waals surface area (Å²) in [6.07, 6.45) is 0. The third kappa shape index (κ3) is 3.14. The zero-order valence-electron chi connectivity index (χ0n) is 9.61. The highest BCUT2D eigenvalue weighted by Gasteiger charge is 2.03. The molecular weight excluding hydrogens is 234 g/mol. The Morgan fingerprint density at radius 1 is 1.12 bits per heavy atom. The summed E-state index contributed by atoms with van der Waals surface area (Å²) in [6.45, 7) is 0.713. The van der Waals surface area contributed by atoms with Crippen molar-refractivity contribution < 1.29 is 4.74 Å². The van der Waals surface area contributed by atoms with Gasteiger partial charge in [0.15, 0.2) is 0 Å². The maximum atomic E-state index is 5.91. The van der Waals surface area contributed by atoms with Crippen molar-refractivity contribution in [3.05, 3.63) is 59.1 Å². The molecule has 0 aliphatic rings. The summed E-state index contributed by atoms with van der Waals surface area (Å²) in [6, 6.07) is 15.7. The summed E-state index contributed by atoms with van der Waals surface area (Å²) in [5.74, 6) is 0.806. The van der Waals surface area contributed by atoms with Crippen LogP contribution in [0.1, 0.15) is 5.56 Å². The van der Waals surface area contributed by atoms with Gasteiger partial charge in [-0.25, -0.2) is 0 Å². The van der Waals surface area contributed by atoms with Crippen molar-refractivity contribution in [1.29, 1.82) is 0 Å². The number of methoxy groups -OCH3 is 1. The lowest BCUT2D eigenvalue weighted by Crippen LogP contribution is -2.01. The highest BCUT2D eigenvalue weighted by molar-refractivity contribution is 6.30. The van der Waals surface area contributed by atoms with Crippen LogP contribution in [0.15, 0.2) is 48.5 Å². The minimum absolute atomic E-state index is 0.685. The topological polar surface area (TPSA) is 21.3 Å². The predicted molar refractivity (Wildman–Crippen MR) is 71.8 cm³/mol. The third-order valence-electron chi connectivity index (χ3n) is 2.51. The van der Waals surface area contributed by atoms with Crippen molar-refractivity contribution in [3.8, 4) is 5.75 Å². The fourth-order valence-corrected chi connectivity index (χ4v) is 1.78. The van der Waals surface area contributed by atoms with E-state index in [1.807, 2.05) is 48.5 Å². The number of para-hydroxylation sites is 1. The monoisotopic (exact) mass is 247 g/mol. The van der Waals surface area contributed by atoms with Gasteiger partial charge >= 0.3 is 0 Å². The minimum atomic E-state index is 0.685. The van der Waals surface area contributed by atoms with Crippen molar-refractivity contribution in [2.45, 2.75) is 6.54 Å². The highest BCUT2D eigenvalue weighted by atomic mass is 35.5. The van der Waals surface area contributed by atoms with Crippen molar-refractivity contribution in [1.82, 2.24) is 0 Å². The number of hydrogen-bond acceptors (Lipinski definition) is 2. The first-order chi connectivity index (χ1) is 8.29. The van der Waals surface area contributed by atoms with Gasteiger partial charge in [-0.2, -0.15) is 0 Å². The second-order valence-corrected chi connectivity index (χ2v) is 4.11. The van der Waals surface area contributed by atoms with E-state index in [9.17, 15) is 0 Å². The molecule has 0 saturated heterocycles. The van der Waals surface area contributed by atoms with Gasteiger partial charge in [0.2, 0.25) is 0 Å². The summed E-state index contributed by atoms with van der Waals surface area (Å²) in [5.41, 5.74) is 2.17. The molecule has 1 N–H and O–H groups in total. The van der Waals surface area contributed by atoms with Crippen molar-refractivity contribution in [2.24, 2.45) is 0 Å². The van der Waals surface area contributed by atoms with E-state index in [0.29, 0.717) is 11.6 Å². The molecule has 0 spiro atoms. The van der Waals surface area contributed by atoms with Crippen LogP contribution in [0.4, 0.5) is 5.69 Å². The Kier molecular flexibility index (Phi) is 3.89. The van der Waals surface area contributed by atoms with Crippen molar-refractivity contribution in [3.63, 3.8) is 0 Å². The summed E-state index contributed by atoms with van der Waals surface area (Å²) < 4.78 is 5.29. The lowest BCUT2D eigenvalue weighted by Gasteiger charge is -2.10. The molecule has 0 radical (unpaired) electrons. The number of nitrogens with one attached hydrogen (secondary N) is 1. The van der Waals surface area contributed by atoms with Gasteiger partial charge in [-0.05, 0) is 24.3 Å². The molecule has 0 atom stereocenters. The van der Waals surface area contributed by atoms with E-state index in [4.69, 9.17) is 16.3 Å². The molecule has 88 valence electrons. The average molecular weight is 248 g/mol. The summed E-state index contributed by atoms with van der Waals surface area (Å²) in [5, 5.41) is 4.02. The molecule has 0 amide bonds. The van der Waals surface area contributed by atoms with Crippen molar-refractivity contribution in [2.75, 3.05) is 12.4 Å². The summed E-state index contributed by atoms with van der Waals surface area (Å²) in [7, 11) is 1.65. The van der Waals surface area contributed by atoms with E-state index in [0.717, 1.165) is 17.0 Å². The smallest absolute Gasteiger partial charge is 0.125 e. The number of rotatable bonds is 4. The number of benzene rings is 2. The predicted octanol–water partition coefficient (Wildman–Crippen LogP) is 3.96. The molecular formula is C14H14ClNO. The Morgan fingerprint density at radius 3 is 2.59 bits per heavy atom. The Labute approximate surface area is 106 Å². The van der Waals surface area contributed by atoms with Gasteiger partial charge in [0.25, 0.3) is 0 Å². The Balaban J connectivity index is 2.09. The first-order valence-corrected chi connectivity index (χ1v) is 5.79. The zero-order valence-corrected chi connectivity index (χ0v) is 10.4. The van der Waals surface area contributed by atoms with Crippen LogP contribution in [-0.4, -0.2) is 7.11 Å². The molecule has 0 aromatic heterocycles. The number of ether oxygens (including phenoxy) is 1. The number of anilines is 1. The first-order valence-electron chi connectivity index (χ1n) is 5.41. The highest BCUT2D eigenvalue weighted by Crippen LogP contribution is 2.23. The lowest BCUT2D eigenvalue weighted by molar-refractivity contribution is 0.410. The number of halogens is 1. The van der Waals surface area contributed by atoms with E-state index in [2.05, 4.69) is 5.32 Å².